The van der Waals surface area contributed by atoms with E-state index < -0.39 is 0 Å². The maximum atomic E-state index is 12.4. The second-order valence-corrected chi connectivity index (χ2v) is 10.1. The number of carbonyl (C=O) groups is 2. The van der Waals surface area contributed by atoms with E-state index in [9.17, 15) is 9.59 Å². The van der Waals surface area contributed by atoms with Crippen LogP contribution in [0.3, 0.4) is 0 Å². The molecule has 36 heavy (non-hydrogen) atoms. The highest BCUT2D eigenvalue weighted by Crippen LogP contribution is 2.26. The smallest absolute Gasteiger partial charge is 0.244 e. The normalized spacial score (nSPS) is 11.1. The number of hydrogen-bond acceptors (Lipinski definition) is 7. The number of thiazole rings is 1. The maximum absolute atomic E-state index is 12.4. The van der Waals surface area contributed by atoms with Gasteiger partial charge >= 0.3 is 0 Å². The predicted molar refractivity (Wildman–Crippen MR) is 145 cm³/mol. The highest BCUT2D eigenvalue weighted by atomic mass is 35.5. The van der Waals surface area contributed by atoms with Crippen molar-refractivity contribution in [1.82, 2.24) is 25.1 Å². The van der Waals surface area contributed by atoms with Crippen molar-refractivity contribution in [3.63, 3.8) is 0 Å². The van der Waals surface area contributed by atoms with Crippen LogP contribution in [0, 0.1) is 0 Å². The van der Waals surface area contributed by atoms with E-state index in [2.05, 4.69) is 25.8 Å². The van der Waals surface area contributed by atoms with Gasteiger partial charge < -0.3 is 15.2 Å². The zero-order valence-corrected chi connectivity index (χ0v) is 22.1. The van der Waals surface area contributed by atoms with Crippen molar-refractivity contribution in [3.05, 3.63) is 81.4 Å². The summed E-state index contributed by atoms with van der Waals surface area (Å²) in [5.41, 5.74) is 2.44. The number of benzene rings is 2. The minimum atomic E-state index is -0.284. The lowest BCUT2D eigenvalue weighted by atomic mass is 10.2. The maximum Gasteiger partial charge on any atom is 0.244 e. The predicted octanol–water partition coefficient (Wildman–Crippen LogP) is 5.31. The number of nitrogens with one attached hydrogen (secondary N) is 2. The number of amides is 2. The van der Waals surface area contributed by atoms with Gasteiger partial charge in [-0.3, -0.25) is 9.59 Å². The van der Waals surface area contributed by atoms with Gasteiger partial charge in [0.25, 0.3) is 0 Å². The second-order valence-electron chi connectivity index (χ2n) is 7.41. The van der Waals surface area contributed by atoms with Crippen LogP contribution in [0.4, 0.5) is 5.13 Å². The average Bonchev–Trinajstić information content (AvgIpc) is 3.47. The summed E-state index contributed by atoms with van der Waals surface area (Å²) in [7, 11) is 1.78. The Kier molecular flexibility index (Phi) is 8.76. The lowest BCUT2D eigenvalue weighted by molar-refractivity contribution is -0.116. The molecule has 0 aliphatic heterocycles. The minimum Gasteiger partial charge on any atom is -0.345 e. The van der Waals surface area contributed by atoms with E-state index in [1.807, 2.05) is 35.7 Å². The Bertz CT molecular complexity index is 1400. The highest BCUT2D eigenvalue weighted by Gasteiger charge is 2.13. The lowest BCUT2D eigenvalue weighted by Gasteiger charge is -2.05. The Balaban J connectivity index is 1.25. The molecule has 0 fully saturated rings. The fraction of sp³-hybridized carbons (Fsp3) is 0.125. The van der Waals surface area contributed by atoms with Gasteiger partial charge in [0.2, 0.25) is 11.8 Å². The van der Waals surface area contributed by atoms with Gasteiger partial charge in [-0.1, -0.05) is 65.3 Å². The number of aromatic nitrogens is 4. The summed E-state index contributed by atoms with van der Waals surface area (Å²) in [4.78, 5) is 29.0. The molecule has 0 saturated carbocycles. The first kappa shape index (κ1) is 25.9. The zero-order chi connectivity index (χ0) is 25.5. The van der Waals surface area contributed by atoms with Crippen LogP contribution in [0.2, 0.25) is 10.0 Å². The summed E-state index contributed by atoms with van der Waals surface area (Å²) in [5, 5.41) is 17.9. The van der Waals surface area contributed by atoms with Crippen LogP contribution in [0.15, 0.2) is 65.1 Å². The number of thioether (sulfide) groups is 1. The van der Waals surface area contributed by atoms with Crippen molar-refractivity contribution < 1.29 is 9.59 Å². The SMILES string of the molecule is Cn1c(CNC(=O)/C=C/c2ccccc2Cl)nnc1SCC(=O)Nc1nc(-c2ccc(Cl)cc2)cs1. The first-order chi connectivity index (χ1) is 17.4. The topological polar surface area (TPSA) is 102 Å². The standard InChI is InChI=1S/C24H20Cl2N6O2S2/c1-32-20(12-27-21(33)11-8-15-4-2-3-5-18(15)26)30-31-24(32)36-14-22(34)29-23-28-19(13-35-23)16-6-9-17(25)10-7-16/h2-11,13H,12,14H2,1H3,(H,27,33)(H,28,29,34)/b11-8+. The van der Waals surface area contributed by atoms with E-state index in [0.717, 1.165) is 16.8 Å². The fourth-order valence-corrected chi connectivity index (χ4v) is 4.79. The number of rotatable bonds is 9. The summed E-state index contributed by atoms with van der Waals surface area (Å²) in [6.07, 6.45) is 3.06. The summed E-state index contributed by atoms with van der Waals surface area (Å²) in [6.45, 7) is 0.189. The van der Waals surface area contributed by atoms with Gasteiger partial charge in [0.15, 0.2) is 16.1 Å². The number of anilines is 1. The Morgan fingerprint density at radius 1 is 1.11 bits per heavy atom. The molecule has 4 aromatic rings. The van der Waals surface area contributed by atoms with E-state index in [4.69, 9.17) is 23.2 Å². The van der Waals surface area contributed by atoms with E-state index >= 15 is 0 Å². The molecule has 0 aliphatic rings. The van der Waals surface area contributed by atoms with Crippen molar-refractivity contribution in [1.29, 1.82) is 0 Å². The van der Waals surface area contributed by atoms with E-state index in [-0.39, 0.29) is 24.1 Å². The largest absolute Gasteiger partial charge is 0.345 e. The Morgan fingerprint density at radius 3 is 2.67 bits per heavy atom. The molecule has 0 atom stereocenters. The molecular weight excluding hydrogens is 539 g/mol. The van der Waals surface area contributed by atoms with Crippen LogP contribution in [0.5, 0.6) is 0 Å². The molecule has 0 radical (unpaired) electrons. The molecule has 4 rings (SSSR count). The van der Waals surface area contributed by atoms with Gasteiger partial charge in [0.05, 0.1) is 18.0 Å². The number of nitrogens with zero attached hydrogens (tertiary/aromatic N) is 4. The minimum absolute atomic E-state index is 0.134. The monoisotopic (exact) mass is 558 g/mol. The fourth-order valence-electron chi connectivity index (χ4n) is 3.00. The summed E-state index contributed by atoms with van der Waals surface area (Å²) >= 11 is 14.6. The summed E-state index contributed by atoms with van der Waals surface area (Å²) in [6, 6.07) is 14.6. The molecule has 0 bridgehead atoms. The van der Waals surface area contributed by atoms with Crippen LogP contribution in [0.1, 0.15) is 11.4 Å². The molecular formula is C24H20Cl2N6O2S2. The molecule has 2 amide bonds. The van der Waals surface area contributed by atoms with Gasteiger partial charge in [-0.2, -0.15) is 0 Å². The van der Waals surface area contributed by atoms with Gasteiger partial charge in [-0.15, -0.1) is 21.5 Å². The Labute approximate surface area is 225 Å². The van der Waals surface area contributed by atoms with Crippen LogP contribution in [0.25, 0.3) is 17.3 Å². The second kappa shape index (κ2) is 12.2. The average molecular weight is 560 g/mol. The molecule has 0 spiro atoms. The van der Waals surface area contributed by atoms with Gasteiger partial charge in [0.1, 0.15) is 0 Å². The van der Waals surface area contributed by atoms with Crippen molar-refractivity contribution in [3.8, 4) is 11.3 Å². The van der Waals surface area contributed by atoms with Crippen LogP contribution in [-0.2, 0) is 23.2 Å². The number of halogens is 2. The van der Waals surface area contributed by atoms with E-state index in [0.29, 0.717) is 26.2 Å². The Morgan fingerprint density at radius 2 is 1.89 bits per heavy atom. The van der Waals surface area contributed by atoms with E-state index in [1.54, 1.807) is 35.9 Å². The van der Waals surface area contributed by atoms with Gasteiger partial charge in [-0.25, -0.2) is 4.98 Å². The first-order valence-electron chi connectivity index (χ1n) is 10.6. The first-order valence-corrected chi connectivity index (χ1v) is 13.2. The number of carbonyl (C=O) groups excluding carboxylic acids is 2. The molecule has 12 heteroatoms. The zero-order valence-electron chi connectivity index (χ0n) is 18.9. The summed E-state index contributed by atoms with van der Waals surface area (Å²) < 4.78 is 1.73. The lowest BCUT2D eigenvalue weighted by Crippen LogP contribution is -2.22. The molecule has 2 aromatic carbocycles. The van der Waals surface area contributed by atoms with Crippen molar-refractivity contribution in [2.45, 2.75) is 11.7 Å². The van der Waals surface area contributed by atoms with Gasteiger partial charge in [0, 0.05) is 34.1 Å². The van der Waals surface area contributed by atoms with Crippen molar-refractivity contribution in [2.75, 3.05) is 11.1 Å². The molecule has 8 nitrogen and oxygen atoms in total. The molecule has 2 aromatic heterocycles. The quantitative estimate of drug-likeness (QED) is 0.213. The van der Waals surface area contributed by atoms with Crippen LogP contribution in [-0.4, -0.2) is 37.3 Å². The van der Waals surface area contributed by atoms with Crippen molar-refractivity contribution in [2.24, 2.45) is 7.05 Å². The third kappa shape index (κ3) is 6.94. The highest BCUT2D eigenvalue weighted by molar-refractivity contribution is 7.99. The summed E-state index contributed by atoms with van der Waals surface area (Å²) in [5.74, 6) is 0.201. The molecule has 2 heterocycles. The molecule has 0 unspecified atom stereocenters. The molecule has 0 aliphatic carbocycles. The Hall–Kier alpha value is -3.18. The van der Waals surface area contributed by atoms with E-state index in [1.165, 1.54) is 29.2 Å². The third-order valence-electron chi connectivity index (χ3n) is 4.89. The van der Waals surface area contributed by atoms with Gasteiger partial charge in [-0.05, 0) is 29.8 Å². The van der Waals surface area contributed by atoms with Crippen LogP contribution < -0.4 is 10.6 Å². The molecule has 184 valence electrons. The molecule has 2 N–H and O–H groups in total. The third-order valence-corrected chi connectivity index (χ3v) is 7.26. The number of hydrogen-bond donors (Lipinski definition) is 2. The van der Waals surface area contributed by atoms with Crippen LogP contribution >= 0.6 is 46.3 Å². The van der Waals surface area contributed by atoms with Crippen molar-refractivity contribution >= 4 is 69.3 Å². The molecule has 0 saturated heterocycles.